The molecule has 0 aromatic rings. The minimum Gasteiger partial charge on any atom is -0.480 e. The van der Waals surface area contributed by atoms with Gasteiger partial charge in [-0.2, -0.15) is 0 Å². The van der Waals surface area contributed by atoms with Crippen molar-refractivity contribution in [2.45, 2.75) is 23.2 Å². The van der Waals surface area contributed by atoms with Crippen LogP contribution in [0.3, 0.4) is 0 Å². The van der Waals surface area contributed by atoms with E-state index in [1.54, 1.807) is 0 Å². The van der Waals surface area contributed by atoms with Gasteiger partial charge in [0.1, 0.15) is 3.92 Å². The van der Waals surface area contributed by atoms with Crippen molar-refractivity contribution >= 4 is 51.2 Å². The van der Waals surface area contributed by atoms with E-state index in [1.807, 2.05) is 22.6 Å². The third-order valence-corrected chi connectivity index (χ3v) is 3.03. The normalized spacial score (nSPS) is 13.0. The zero-order chi connectivity index (χ0) is 7.98. The van der Waals surface area contributed by atoms with Crippen LogP contribution in [0.25, 0.3) is 0 Å². The highest BCUT2D eigenvalue weighted by Crippen LogP contribution is 2.11. The molecule has 0 bridgehead atoms. The summed E-state index contributed by atoms with van der Waals surface area (Å²) in [5.74, 6) is -0.686. The van der Waals surface area contributed by atoms with Gasteiger partial charge < -0.3 is 5.11 Å². The highest BCUT2D eigenvalue weighted by atomic mass is 127. The third-order valence-electron chi connectivity index (χ3n) is 1.11. The zero-order valence-electron chi connectivity index (χ0n) is 5.52. The maximum atomic E-state index is 10.3. The second-order valence-corrected chi connectivity index (χ2v) is 4.57. The number of alkyl halides is 2. The molecule has 0 spiro atoms. The molecular weight excluding hydrogens is 358 g/mol. The van der Waals surface area contributed by atoms with Crippen molar-refractivity contribution in [2.24, 2.45) is 0 Å². The summed E-state index contributed by atoms with van der Waals surface area (Å²) < 4.78 is 0.932. The van der Waals surface area contributed by atoms with Gasteiger partial charge in [0.25, 0.3) is 0 Å². The summed E-state index contributed by atoms with van der Waals surface area (Å²) in [7, 11) is 0. The van der Waals surface area contributed by atoms with Crippen LogP contribution in [0, 0.1) is 0 Å². The van der Waals surface area contributed by atoms with Crippen molar-refractivity contribution < 1.29 is 9.90 Å². The van der Waals surface area contributed by atoms with E-state index < -0.39 is 5.97 Å². The molecule has 0 fully saturated rings. The third kappa shape index (κ3) is 5.70. The largest absolute Gasteiger partial charge is 0.480 e. The van der Waals surface area contributed by atoms with Gasteiger partial charge in [0.2, 0.25) is 0 Å². The molecule has 2 nitrogen and oxygen atoms in total. The molecule has 1 unspecified atom stereocenters. The molecule has 0 aromatic carbocycles. The van der Waals surface area contributed by atoms with Gasteiger partial charge in [0, 0.05) is 0 Å². The van der Waals surface area contributed by atoms with Crippen LogP contribution in [-0.2, 0) is 4.79 Å². The van der Waals surface area contributed by atoms with Gasteiger partial charge in [-0.25, -0.2) is 0 Å². The van der Waals surface area contributed by atoms with Gasteiger partial charge >= 0.3 is 5.97 Å². The first-order valence-corrected chi connectivity index (χ1v) is 5.88. The number of unbranched alkanes of at least 4 members (excludes halogenated alkanes) is 1. The Morgan fingerprint density at radius 2 is 2.10 bits per heavy atom. The first-order valence-electron chi connectivity index (χ1n) is 3.11. The molecule has 1 atom stereocenters. The van der Waals surface area contributed by atoms with Crippen molar-refractivity contribution in [3.63, 3.8) is 0 Å². The summed E-state index contributed by atoms with van der Waals surface area (Å²) in [5.41, 5.74) is 0. The molecule has 0 aromatic heterocycles. The first-order chi connectivity index (χ1) is 4.68. The average Bonchev–Trinajstić information content (AvgIpc) is 1.88. The topological polar surface area (TPSA) is 37.3 Å². The van der Waals surface area contributed by atoms with Crippen molar-refractivity contribution in [2.75, 3.05) is 4.43 Å². The SMILES string of the molecule is O=C(O)C(I)CCCCI. The zero-order valence-corrected chi connectivity index (χ0v) is 9.83. The average molecular weight is 368 g/mol. The molecule has 0 heterocycles. The van der Waals surface area contributed by atoms with E-state index in [2.05, 4.69) is 22.6 Å². The van der Waals surface area contributed by atoms with E-state index in [0.717, 1.165) is 23.7 Å². The summed E-state index contributed by atoms with van der Waals surface area (Å²) in [5, 5.41) is 8.47. The highest BCUT2D eigenvalue weighted by Gasteiger charge is 2.10. The predicted octanol–water partition coefficient (Wildman–Crippen LogP) is 2.48. The monoisotopic (exact) mass is 368 g/mol. The number of carbonyl (C=O) groups is 1. The number of hydrogen-bond acceptors (Lipinski definition) is 1. The van der Waals surface area contributed by atoms with Crippen molar-refractivity contribution in [3.8, 4) is 0 Å². The highest BCUT2D eigenvalue weighted by molar-refractivity contribution is 14.1. The summed E-state index contributed by atoms with van der Waals surface area (Å²) in [6.45, 7) is 0. The Morgan fingerprint density at radius 1 is 1.50 bits per heavy atom. The Kier molecular flexibility index (Phi) is 7.24. The molecule has 0 aliphatic rings. The number of carboxylic acid groups (broad SMARTS) is 1. The lowest BCUT2D eigenvalue weighted by atomic mass is 10.2. The Labute approximate surface area is 88.0 Å². The Balaban J connectivity index is 3.21. The van der Waals surface area contributed by atoms with Crippen LogP contribution in [0.2, 0.25) is 0 Å². The van der Waals surface area contributed by atoms with Gasteiger partial charge in [0.05, 0.1) is 0 Å². The van der Waals surface area contributed by atoms with Gasteiger partial charge in [0.15, 0.2) is 0 Å². The van der Waals surface area contributed by atoms with E-state index in [1.165, 1.54) is 0 Å². The van der Waals surface area contributed by atoms with E-state index >= 15 is 0 Å². The van der Waals surface area contributed by atoms with Crippen molar-refractivity contribution in [1.29, 1.82) is 0 Å². The molecule has 0 aliphatic carbocycles. The fraction of sp³-hybridized carbons (Fsp3) is 0.833. The van der Waals surface area contributed by atoms with E-state index in [4.69, 9.17) is 5.11 Å². The molecule has 0 saturated heterocycles. The van der Waals surface area contributed by atoms with Crippen LogP contribution in [0.1, 0.15) is 19.3 Å². The second kappa shape index (κ2) is 6.63. The quantitative estimate of drug-likeness (QED) is 0.460. The van der Waals surface area contributed by atoms with Crippen LogP contribution >= 0.6 is 45.2 Å². The van der Waals surface area contributed by atoms with Gasteiger partial charge in [-0.15, -0.1) is 0 Å². The lowest BCUT2D eigenvalue weighted by molar-refractivity contribution is -0.136. The Bertz CT molecular complexity index is 106. The Morgan fingerprint density at radius 3 is 2.50 bits per heavy atom. The molecule has 1 N–H and O–H groups in total. The fourth-order valence-corrected chi connectivity index (χ4v) is 1.52. The standard InChI is InChI=1S/C6H10I2O2/c7-4-2-1-3-5(8)6(9)10/h5H,1-4H2,(H,9,10). The van der Waals surface area contributed by atoms with Gasteiger partial charge in [-0.1, -0.05) is 51.6 Å². The van der Waals surface area contributed by atoms with Gasteiger partial charge in [-0.3, -0.25) is 4.79 Å². The summed E-state index contributed by atoms with van der Waals surface area (Å²) in [6.07, 6.45) is 2.97. The number of aliphatic carboxylic acids is 1. The van der Waals surface area contributed by atoms with Crippen molar-refractivity contribution in [3.05, 3.63) is 0 Å². The first kappa shape index (κ1) is 10.9. The molecule has 60 valence electrons. The van der Waals surface area contributed by atoms with E-state index in [-0.39, 0.29) is 3.92 Å². The minimum absolute atomic E-state index is 0.194. The van der Waals surface area contributed by atoms with Crippen LogP contribution in [0.4, 0.5) is 0 Å². The smallest absolute Gasteiger partial charge is 0.316 e. The maximum absolute atomic E-state index is 10.3. The lowest BCUT2D eigenvalue weighted by Gasteiger charge is -2.01. The van der Waals surface area contributed by atoms with E-state index in [0.29, 0.717) is 0 Å². The van der Waals surface area contributed by atoms with E-state index in [9.17, 15) is 4.79 Å². The van der Waals surface area contributed by atoms with Crippen LogP contribution in [-0.4, -0.2) is 19.4 Å². The minimum atomic E-state index is -0.686. The molecule has 10 heavy (non-hydrogen) atoms. The molecule has 0 aliphatic heterocycles. The summed E-state index contributed by atoms with van der Waals surface area (Å²) in [6, 6.07) is 0. The number of hydrogen-bond donors (Lipinski definition) is 1. The molecule has 0 rings (SSSR count). The van der Waals surface area contributed by atoms with Crippen LogP contribution in [0.15, 0.2) is 0 Å². The maximum Gasteiger partial charge on any atom is 0.316 e. The number of rotatable bonds is 5. The molecule has 0 amide bonds. The molecule has 4 heteroatoms. The van der Waals surface area contributed by atoms with Gasteiger partial charge in [-0.05, 0) is 17.3 Å². The van der Waals surface area contributed by atoms with Crippen LogP contribution in [0.5, 0.6) is 0 Å². The molecular formula is C6H10I2O2. The second-order valence-electron chi connectivity index (χ2n) is 1.99. The number of carboxylic acids is 1. The molecule has 0 radical (unpaired) electrons. The summed E-state index contributed by atoms with van der Waals surface area (Å²) >= 11 is 4.27. The number of halogens is 2. The Hall–Kier alpha value is 0.930. The fourth-order valence-electron chi connectivity index (χ4n) is 0.542. The molecule has 0 saturated carbocycles. The predicted molar refractivity (Wildman–Crippen MR) is 58.2 cm³/mol. The summed E-state index contributed by atoms with van der Waals surface area (Å²) in [4.78, 5) is 10.3. The van der Waals surface area contributed by atoms with Crippen LogP contribution < -0.4 is 0 Å². The lowest BCUT2D eigenvalue weighted by Crippen LogP contribution is -2.11. The van der Waals surface area contributed by atoms with Crippen molar-refractivity contribution in [1.82, 2.24) is 0 Å².